The normalized spacial score (nSPS) is 35.0. The first kappa shape index (κ1) is 23.1. The maximum atomic E-state index is 12.9. The van der Waals surface area contributed by atoms with Gasteiger partial charge in [0.2, 0.25) is 15.9 Å². The maximum Gasteiger partial charge on any atom is 0.346 e. The summed E-state index contributed by atoms with van der Waals surface area (Å²) in [5, 5.41) is 7.69. The van der Waals surface area contributed by atoms with E-state index in [0.29, 0.717) is 18.9 Å². The molecule has 4 bridgehead atoms. The molecular weight excluding hydrogens is 442 g/mol. The van der Waals surface area contributed by atoms with Crippen molar-refractivity contribution in [3.8, 4) is 0 Å². The lowest BCUT2D eigenvalue weighted by atomic mass is 9.48. The molecule has 1 aliphatic heterocycles. The van der Waals surface area contributed by atoms with Crippen LogP contribution in [0.4, 0.5) is 0 Å². The summed E-state index contributed by atoms with van der Waals surface area (Å²) in [6, 6.07) is 0.0962. The molecule has 10 heteroatoms. The molecule has 184 valence electrons. The Morgan fingerprint density at radius 1 is 1.18 bits per heavy atom. The van der Waals surface area contributed by atoms with Crippen molar-refractivity contribution < 1.29 is 13.2 Å². The van der Waals surface area contributed by atoms with Crippen molar-refractivity contribution >= 4 is 15.9 Å². The molecule has 1 N–H and O–H groups in total. The van der Waals surface area contributed by atoms with Gasteiger partial charge in [-0.2, -0.15) is 5.10 Å². The average molecular weight is 480 g/mol. The second kappa shape index (κ2) is 8.22. The maximum absolute atomic E-state index is 12.9. The Hall–Kier alpha value is -1.68. The molecule has 0 radical (unpaired) electrons. The van der Waals surface area contributed by atoms with Crippen LogP contribution in [0.5, 0.6) is 0 Å². The van der Waals surface area contributed by atoms with E-state index in [0.717, 1.165) is 30.6 Å². The topological polar surface area (TPSA) is 106 Å². The fourth-order valence-electron chi connectivity index (χ4n) is 7.70. The smallest absolute Gasteiger partial charge is 0.346 e. The summed E-state index contributed by atoms with van der Waals surface area (Å²) in [6.07, 6.45) is 10.4. The van der Waals surface area contributed by atoms with Crippen LogP contribution >= 0.6 is 0 Å². The predicted octanol–water partition coefficient (Wildman–Crippen LogP) is 1.44. The van der Waals surface area contributed by atoms with Gasteiger partial charge in [-0.05, 0) is 81.5 Å². The molecular formula is C23H37N5O4S. The zero-order valence-electron chi connectivity index (χ0n) is 20.0. The summed E-state index contributed by atoms with van der Waals surface area (Å²) in [6.45, 7) is 2.85. The van der Waals surface area contributed by atoms with Gasteiger partial charge in [0.05, 0.1) is 6.26 Å². The third kappa shape index (κ3) is 4.29. The average Bonchev–Trinajstić information content (AvgIpc) is 3.00. The minimum Gasteiger partial charge on any atom is -0.351 e. The van der Waals surface area contributed by atoms with Crippen LogP contribution in [0, 0.1) is 23.2 Å². The quantitative estimate of drug-likeness (QED) is 0.665. The third-order valence-corrected chi connectivity index (χ3v) is 10.2. The first-order valence-electron chi connectivity index (χ1n) is 12.4. The van der Waals surface area contributed by atoms with Crippen molar-refractivity contribution in [2.24, 2.45) is 30.2 Å². The lowest BCUT2D eigenvalue weighted by Gasteiger charge is -2.59. The zero-order chi connectivity index (χ0) is 23.5. The van der Waals surface area contributed by atoms with Crippen LogP contribution in [0.25, 0.3) is 0 Å². The number of hydrogen-bond donors (Lipinski definition) is 1. The van der Waals surface area contributed by atoms with Crippen LogP contribution in [0.3, 0.4) is 0 Å². The van der Waals surface area contributed by atoms with Crippen molar-refractivity contribution in [2.45, 2.75) is 76.8 Å². The molecule has 33 heavy (non-hydrogen) atoms. The molecule has 1 amide bonds. The van der Waals surface area contributed by atoms with Gasteiger partial charge in [-0.1, -0.05) is 0 Å². The number of aromatic nitrogens is 3. The first-order valence-corrected chi connectivity index (χ1v) is 14.3. The molecule has 9 nitrogen and oxygen atoms in total. The number of nitrogens with zero attached hydrogens (tertiary/aromatic N) is 4. The van der Waals surface area contributed by atoms with Gasteiger partial charge in [0.15, 0.2) is 0 Å². The lowest BCUT2D eigenvalue weighted by Crippen LogP contribution is -2.56. The predicted molar refractivity (Wildman–Crippen MR) is 124 cm³/mol. The van der Waals surface area contributed by atoms with Gasteiger partial charge in [0.1, 0.15) is 12.4 Å². The minimum absolute atomic E-state index is 0.0962. The standard InChI is InChI=1S/C23H37N5O4S/c1-15(23-10-16-7-17(11-23)9-18(8-16)12-23)24-20(29)14-28-22(30)26(2)21(25-28)19-5-4-6-27(13-19)33(3,31)32/h15-19H,4-14H2,1-3H3,(H,24,29). The van der Waals surface area contributed by atoms with Gasteiger partial charge in [0.25, 0.3) is 0 Å². The Labute approximate surface area is 196 Å². The van der Waals surface area contributed by atoms with Gasteiger partial charge < -0.3 is 5.32 Å². The van der Waals surface area contributed by atoms with E-state index >= 15 is 0 Å². The molecule has 1 aromatic rings. The molecule has 5 aliphatic rings. The number of hydrogen-bond acceptors (Lipinski definition) is 5. The van der Waals surface area contributed by atoms with Crippen molar-refractivity contribution in [2.75, 3.05) is 19.3 Å². The Balaban J connectivity index is 1.26. The van der Waals surface area contributed by atoms with E-state index < -0.39 is 10.0 Å². The molecule has 0 spiro atoms. The van der Waals surface area contributed by atoms with E-state index in [1.54, 1.807) is 7.05 Å². The number of nitrogens with one attached hydrogen (secondary N) is 1. The second-order valence-corrected chi connectivity index (χ2v) is 13.4. The first-order chi connectivity index (χ1) is 15.5. The molecule has 0 aromatic carbocycles. The van der Waals surface area contributed by atoms with E-state index in [1.807, 2.05) is 0 Å². The lowest BCUT2D eigenvalue weighted by molar-refractivity contribution is -0.126. The largest absolute Gasteiger partial charge is 0.351 e. The fraction of sp³-hybridized carbons (Fsp3) is 0.870. The summed E-state index contributed by atoms with van der Waals surface area (Å²) >= 11 is 0. The summed E-state index contributed by atoms with van der Waals surface area (Å²) in [5.41, 5.74) is -0.124. The summed E-state index contributed by atoms with van der Waals surface area (Å²) < 4.78 is 28.1. The summed E-state index contributed by atoms with van der Waals surface area (Å²) in [5.74, 6) is 2.68. The second-order valence-electron chi connectivity index (χ2n) is 11.4. The summed E-state index contributed by atoms with van der Waals surface area (Å²) in [4.78, 5) is 25.7. The fourth-order valence-corrected chi connectivity index (χ4v) is 8.61. The van der Waals surface area contributed by atoms with E-state index in [4.69, 9.17) is 0 Å². The van der Waals surface area contributed by atoms with Crippen molar-refractivity contribution in [1.29, 1.82) is 0 Å². The van der Waals surface area contributed by atoms with E-state index in [9.17, 15) is 18.0 Å². The molecule has 2 heterocycles. The molecule has 4 saturated carbocycles. The van der Waals surface area contributed by atoms with Gasteiger partial charge in [-0.3, -0.25) is 9.36 Å². The molecule has 4 aliphatic carbocycles. The van der Waals surface area contributed by atoms with Crippen LogP contribution < -0.4 is 11.0 Å². The van der Waals surface area contributed by atoms with Gasteiger partial charge >= 0.3 is 5.69 Å². The number of carbonyl (C=O) groups is 1. The van der Waals surface area contributed by atoms with Crippen LogP contribution in [0.1, 0.15) is 70.0 Å². The minimum atomic E-state index is -3.29. The van der Waals surface area contributed by atoms with Crippen LogP contribution in [-0.4, -0.2) is 58.4 Å². The Morgan fingerprint density at radius 3 is 2.36 bits per heavy atom. The van der Waals surface area contributed by atoms with Gasteiger partial charge in [0, 0.05) is 32.1 Å². The van der Waals surface area contributed by atoms with Gasteiger partial charge in [-0.25, -0.2) is 22.2 Å². The SMILES string of the molecule is CC(NC(=O)Cn1nc(C2CCCN(S(C)(=O)=O)C2)n(C)c1=O)C12CC3CC(CC(C3)C1)C2. The van der Waals surface area contributed by atoms with E-state index in [2.05, 4.69) is 17.3 Å². The van der Waals surface area contributed by atoms with Crippen molar-refractivity contribution in [1.82, 2.24) is 24.0 Å². The molecule has 5 fully saturated rings. The third-order valence-electron chi connectivity index (χ3n) is 8.97. The highest BCUT2D eigenvalue weighted by Crippen LogP contribution is 2.61. The number of rotatable bonds is 6. The Morgan fingerprint density at radius 2 is 1.79 bits per heavy atom. The van der Waals surface area contributed by atoms with Crippen molar-refractivity contribution in [3.63, 3.8) is 0 Å². The molecule has 6 rings (SSSR count). The Kier molecular flexibility index (Phi) is 5.75. The van der Waals surface area contributed by atoms with Gasteiger partial charge in [-0.15, -0.1) is 0 Å². The number of piperidine rings is 1. The number of carbonyl (C=O) groups excluding carboxylic acids is 1. The number of amides is 1. The zero-order valence-corrected chi connectivity index (χ0v) is 20.8. The molecule has 1 saturated heterocycles. The highest BCUT2D eigenvalue weighted by atomic mass is 32.2. The van der Waals surface area contributed by atoms with E-state index in [1.165, 1.54) is 58.3 Å². The molecule has 2 unspecified atom stereocenters. The monoisotopic (exact) mass is 479 g/mol. The van der Waals surface area contributed by atoms with Crippen molar-refractivity contribution in [3.05, 3.63) is 16.3 Å². The highest BCUT2D eigenvalue weighted by Gasteiger charge is 2.53. The van der Waals surface area contributed by atoms with Crippen LogP contribution in [0.15, 0.2) is 4.79 Å². The highest BCUT2D eigenvalue weighted by molar-refractivity contribution is 7.88. The molecule has 2 atom stereocenters. The summed E-state index contributed by atoms with van der Waals surface area (Å²) in [7, 11) is -1.64. The van der Waals surface area contributed by atoms with E-state index in [-0.39, 0.29) is 35.5 Å². The Bertz CT molecular complexity index is 1060. The molecule has 1 aromatic heterocycles. The van der Waals surface area contributed by atoms with Crippen LogP contribution in [-0.2, 0) is 28.4 Å². The number of sulfonamides is 1. The van der Waals surface area contributed by atoms with Crippen LogP contribution in [0.2, 0.25) is 0 Å².